The van der Waals surface area contributed by atoms with E-state index < -0.39 is 17.0 Å². The molecule has 0 saturated heterocycles. The molecule has 0 aromatic carbocycles. The first-order chi connectivity index (χ1) is 11.3. The Bertz CT molecular complexity index is 630. The van der Waals surface area contributed by atoms with Gasteiger partial charge in [0.25, 0.3) is 5.91 Å². The summed E-state index contributed by atoms with van der Waals surface area (Å²) in [5.74, 6) is -0.125. The molecule has 1 aromatic rings. The number of amides is 1. The van der Waals surface area contributed by atoms with Crippen LogP contribution in [0.4, 0.5) is 5.00 Å². The maximum atomic E-state index is 12.3. The Morgan fingerprint density at radius 1 is 1.38 bits per heavy atom. The number of nitro groups is 1. The van der Waals surface area contributed by atoms with E-state index in [0.29, 0.717) is 11.8 Å². The molecule has 132 valence electrons. The lowest BCUT2D eigenvalue weighted by molar-refractivity contribution is -0.380. The fourth-order valence-corrected chi connectivity index (χ4v) is 3.60. The number of nitrogens with one attached hydrogen (secondary N) is 1. The van der Waals surface area contributed by atoms with E-state index in [0.717, 1.165) is 30.6 Å². The van der Waals surface area contributed by atoms with Gasteiger partial charge in [-0.3, -0.25) is 14.9 Å². The fourth-order valence-electron chi connectivity index (χ4n) is 2.89. The molecule has 0 unspecified atom stereocenters. The molecule has 0 radical (unpaired) electrons. The Morgan fingerprint density at radius 2 is 2.08 bits per heavy atom. The van der Waals surface area contributed by atoms with Crippen LogP contribution < -0.4 is 5.32 Å². The van der Waals surface area contributed by atoms with Crippen molar-refractivity contribution in [3.05, 3.63) is 27.1 Å². The van der Waals surface area contributed by atoms with Crippen molar-refractivity contribution in [1.82, 2.24) is 5.32 Å². The van der Waals surface area contributed by atoms with Gasteiger partial charge in [0.2, 0.25) is 0 Å². The number of ether oxygens (including phenoxy) is 1. The highest BCUT2D eigenvalue weighted by atomic mass is 32.1. The second-order valence-corrected chi connectivity index (χ2v) is 7.39. The van der Waals surface area contributed by atoms with Crippen LogP contribution in [0.15, 0.2) is 12.1 Å². The van der Waals surface area contributed by atoms with Crippen molar-refractivity contribution >= 4 is 28.2 Å². The van der Waals surface area contributed by atoms with E-state index in [-0.39, 0.29) is 21.8 Å². The number of hydrogen-bond donors (Lipinski definition) is 1. The van der Waals surface area contributed by atoms with E-state index in [2.05, 4.69) is 19.2 Å². The van der Waals surface area contributed by atoms with Crippen LogP contribution in [-0.2, 0) is 9.53 Å². The van der Waals surface area contributed by atoms with Gasteiger partial charge in [0.05, 0.1) is 4.92 Å². The first-order valence-electron chi connectivity index (χ1n) is 8.05. The third kappa shape index (κ3) is 4.31. The maximum Gasteiger partial charge on any atom is 0.349 e. The smallest absolute Gasteiger partial charge is 0.349 e. The molecule has 7 nitrogen and oxygen atoms in total. The number of carbonyl (C=O) groups is 2. The van der Waals surface area contributed by atoms with Crippen molar-refractivity contribution < 1.29 is 19.2 Å². The lowest BCUT2D eigenvalue weighted by atomic mass is 9.78. The normalized spacial score (nSPS) is 24.9. The third-order valence-corrected chi connectivity index (χ3v) is 5.68. The minimum Gasteiger partial charge on any atom is -0.448 e. The van der Waals surface area contributed by atoms with Gasteiger partial charge < -0.3 is 10.1 Å². The Labute approximate surface area is 144 Å². The molecular formula is C16H22N2O5S. The Morgan fingerprint density at radius 3 is 2.71 bits per heavy atom. The van der Waals surface area contributed by atoms with E-state index in [1.54, 1.807) is 0 Å². The van der Waals surface area contributed by atoms with Crippen LogP contribution in [0.3, 0.4) is 0 Å². The number of carbonyl (C=O) groups excluding carboxylic acids is 2. The van der Waals surface area contributed by atoms with Crippen LogP contribution in [0.2, 0.25) is 0 Å². The number of hydrogen-bond acceptors (Lipinski definition) is 6. The van der Waals surface area contributed by atoms with Crippen molar-refractivity contribution in [3.63, 3.8) is 0 Å². The molecular weight excluding hydrogens is 332 g/mol. The molecule has 1 aliphatic carbocycles. The van der Waals surface area contributed by atoms with Crippen LogP contribution in [0.1, 0.15) is 49.7 Å². The van der Waals surface area contributed by atoms with Crippen LogP contribution in [0, 0.1) is 22.0 Å². The van der Waals surface area contributed by atoms with Crippen LogP contribution in [0.25, 0.3) is 0 Å². The molecule has 24 heavy (non-hydrogen) atoms. The summed E-state index contributed by atoms with van der Waals surface area (Å²) in [7, 11) is 0. The third-order valence-electron chi connectivity index (χ3n) is 4.66. The second-order valence-electron chi connectivity index (χ2n) is 6.32. The van der Waals surface area contributed by atoms with Gasteiger partial charge in [-0.1, -0.05) is 38.0 Å². The molecule has 0 spiro atoms. The van der Waals surface area contributed by atoms with Gasteiger partial charge in [-0.05, 0) is 31.2 Å². The van der Waals surface area contributed by atoms with Gasteiger partial charge >= 0.3 is 11.0 Å². The van der Waals surface area contributed by atoms with Crippen LogP contribution >= 0.6 is 11.3 Å². The molecule has 1 N–H and O–H groups in total. The maximum absolute atomic E-state index is 12.3. The lowest BCUT2D eigenvalue weighted by Gasteiger charge is -2.35. The summed E-state index contributed by atoms with van der Waals surface area (Å²) in [4.78, 5) is 34.4. The number of rotatable bonds is 5. The molecule has 1 aromatic heterocycles. The molecule has 1 aliphatic rings. The average molecular weight is 354 g/mol. The van der Waals surface area contributed by atoms with Gasteiger partial charge in [0.15, 0.2) is 6.10 Å². The summed E-state index contributed by atoms with van der Waals surface area (Å²) in [6, 6.07) is 2.67. The van der Waals surface area contributed by atoms with Crippen LogP contribution in [0.5, 0.6) is 0 Å². The summed E-state index contributed by atoms with van der Waals surface area (Å²) in [6.07, 6.45) is 2.22. The molecule has 1 amide bonds. The molecule has 2 rings (SSSR count). The highest BCUT2D eigenvalue weighted by Crippen LogP contribution is 2.29. The molecule has 1 heterocycles. The predicted molar refractivity (Wildman–Crippen MR) is 90.0 cm³/mol. The van der Waals surface area contributed by atoms with E-state index >= 15 is 0 Å². The number of thiophene rings is 1. The van der Waals surface area contributed by atoms with Crippen molar-refractivity contribution in [2.24, 2.45) is 11.8 Å². The summed E-state index contributed by atoms with van der Waals surface area (Å²) in [6.45, 7) is 5.80. The first kappa shape index (κ1) is 18.4. The highest BCUT2D eigenvalue weighted by molar-refractivity contribution is 7.17. The molecule has 4 atom stereocenters. The van der Waals surface area contributed by atoms with Gasteiger partial charge in [-0.15, -0.1) is 0 Å². The van der Waals surface area contributed by atoms with Crippen LogP contribution in [-0.4, -0.2) is 28.9 Å². The van der Waals surface area contributed by atoms with Gasteiger partial charge in [-0.25, -0.2) is 4.79 Å². The standard InChI is InChI=1S/C16H22N2O5S/c1-9-5-4-6-12(10(9)2)17-15(19)11(3)23-16(20)13-7-8-14(24-13)18(21)22/h7-12H,4-6H2,1-3H3,(H,17,19)/t9-,10-,11-,12-/m1/s1. The number of esters is 1. The molecule has 0 bridgehead atoms. The number of nitrogens with zero attached hydrogens (tertiary/aromatic N) is 1. The van der Waals surface area contributed by atoms with Gasteiger partial charge in [0, 0.05) is 12.1 Å². The zero-order valence-corrected chi connectivity index (χ0v) is 14.8. The topological polar surface area (TPSA) is 98.5 Å². The minimum atomic E-state index is -0.942. The zero-order valence-electron chi connectivity index (χ0n) is 14.0. The highest BCUT2D eigenvalue weighted by Gasteiger charge is 2.30. The summed E-state index contributed by atoms with van der Waals surface area (Å²) < 4.78 is 5.13. The quantitative estimate of drug-likeness (QED) is 0.497. The minimum absolute atomic E-state index is 0.0882. The van der Waals surface area contributed by atoms with Crippen molar-refractivity contribution in [3.8, 4) is 0 Å². The Hall–Kier alpha value is -1.96. The zero-order chi connectivity index (χ0) is 17.9. The van der Waals surface area contributed by atoms with E-state index in [1.807, 2.05) is 0 Å². The monoisotopic (exact) mass is 354 g/mol. The fraction of sp³-hybridized carbons (Fsp3) is 0.625. The summed E-state index contributed by atoms with van der Waals surface area (Å²) in [5.41, 5.74) is 0. The van der Waals surface area contributed by atoms with Crippen molar-refractivity contribution in [1.29, 1.82) is 0 Å². The largest absolute Gasteiger partial charge is 0.448 e. The molecule has 1 saturated carbocycles. The Balaban J connectivity index is 1.90. The predicted octanol–water partition coefficient (Wildman–Crippen LogP) is 3.14. The second kappa shape index (κ2) is 7.74. The summed E-state index contributed by atoms with van der Waals surface area (Å²) >= 11 is 0.734. The first-order valence-corrected chi connectivity index (χ1v) is 8.86. The summed E-state index contributed by atoms with van der Waals surface area (Å²) in [5, 5.41) is 13.5. The van der Waals surface area contributed by atoms with E-state index in [4.69, 9.17) is 4.74 Å². The lowest BCUT2D eigenvalue weighted by Crippen LogP contribution is -2.47. The van der Waals surface area contributed by atoms with Crippen molar-refractivity contribution in [2.75, 3.05) is 0 Å². The SMILES string of the molecule is C[C@@H]1[C@H](C)CCC[C@H]1NC(=O)[C@@H](C)OC(=O)c1ccc([N+](=O)[O-])s1. The van der Waals surface area contributed by atoms with E-state index in [1.165, 1.54) is 19.1 Å². The van der Waals surface area contributed by atoms with Gasteiger partial charge in [0.1, 0.15) is 4.88 Å². The van der Waals surface area contributed by atoms with E-state index in [9.17, 15) is 19.7 Å². The molecule has 1 fully saturated rings. The van der Waals surface area contributed by atoms with Crippen molar-refractivity contribution in [2.45, 2.75) is 52.2 Å². The van der Waals surface area contributed by atoms with Gasteiger partial charge in [-0.2, -0.15) is 0 Å². The Kier molecular flexibility index (Phi) is 5.93. The molecule has 8 heteroatoms. The average Bonchev–Trinajstić information content (AvgIpc) is 3.02. The molecule has 0 aliphatic heterocycles.